The van der Waals surface area contributed by atoms with Crippen molar-refractivity contribution >= 4 is 23.5 Å². The molecule has 0 aliphatic carbocycles. The van der Waals surface area contributed by atoms with Crippen LogP contribution in [-0.4, -0.2) is 33.6 Å². The molecule has 1 rings (SSSR count). The second-order valence-electron chi connectivity index (χ2n) is 4.17. The van der Waals surface area contributed by atoms with Crippen molar-refractivity contribution in [2.45, 2.75) is 33.2 Å². The average molecular weight is 268 g/mol. The van der Waals surface area contributed by atoms with Gasteiger partial charge in [0.1, 0.15) is 5.82 Å². The molecule has 0 spiro atoms. The van der Waals surface area contributed by atoms with E-state index in [9.17, 15) is 4.79 Å². The SMILES string of the molecule is CCSCCC(C)Nc1ccc(C(=O)O)c(C)n1. The molecule has 0 aliphatic rings. The zero-order valence-corrected chi connectivity index (χ0v) is 11.9. The Labute approximate surface area is 112 Å². The van der Waals surface area contributed by atoms with E-state index in [4.69, 9.17) is 5.11 Å². The lowest BCUT2D eigenvalue weighted by molar-refractivity contribution is 0.0695. The fourth-order valence-corrected chi connectivity index (χ4v) is 2.41. The largest absolute Gasteiger partial charge is 0.478 e. The smallest absolute Gasteiger partial charge is 0.337 e. The number of carboxylic acid groups (broad SMARTS) is 1. The third-order valence-electron chi connectivity index (χ3n) is 2.61. The van der Waals surface area contributed by atoms with Crippen LogP contribution in [0.2, 0.25) is 0 Å². The number of thioether (sulfide) groups is 1. The van der Waals surface area contributed by atoms with E-state index in [1.165, 1.54) is 0 Å². The summed E-state index contributed by atoms with van der Waals surface area (Å²) in [4.78, 5) is 15.1. The topological polar surface area (TPSA) is 62.2 Å². The molecule has 0 bridgehead atoms. The Morgan fingerprint density at radius 1 is 1.56 bits per heavy atom. The zero-order valence-electron chi connectivity index (χ0n) is 11.1. The monoisotopic (exact) mass is 268 g/mol. The first-order valence-electron chi connectivity index (χ1n) is 6.09. The van der Waals surface area contributed by atoms with Crippen molar-refractivity contribution in [3.05, 3.63) is 23.4 Å². The zero-order chi connectivity index (χ0) is 13.5. The van der Waals surface area contributed by atoms with Gasteiger partial charge in [0.15, 0.2) is 0 Å². The summed E-state index contributed by atoms with van der Waals surface area (Å²) < 4.78 is 0. The Bertz CT molecular complexity index is 410. The molecule has 0 amide bonds. The van der Waals surface area contributed by atoms with E-state index < -0.39 is 5.97 Å². The molecule has 0 saturated heterocycles. The van der Waals surface area contributed by atoms with Gasteiger partial charge in [-0.15, -0.1) is 0 Å². The van der Waals surface area contributed by atoms with E-state index in [1.807, 2.05) is 11.8 Å². The summed E-state index contributed by atoms with van der Waals surface area (Å²) in [7, 11) is 0. The number of rotatable bonds is 7. The number of anilines is 1. The highest BCUT2D eigenvalue weighted by molar-refractivity contribution is 7.99. The van der Waals surface area contributed by atoms with Gasteiger partial charge in [0, 0.05) is 6.04 Å². The molecule has 2 N–H and O–H groups in total. The van der Waals surface area contributed by atoms with Crippen molar-refractivity contribution < 1.29 is 9.90 Å². The van der Waals surface area contributed by atoms with E-state index in [2.05, 4.69) is 24.1 Å². The van der Waals surface area contributed by atoms with Crippen LogP contribution in [0.25, 0.3) is 0 Å². The normalized spacial score (nSPS) is 12.2. The van der Waals surface area contributed by atoms with Crippen LogP contribution in [0.15, 0.2) is 12.1 Å². The number of nitrogens with one attached hydrogen (secondary N) is 1. The first-order chi connectivity index (χ1) is 8.54. The number of carbonyl (C=O) groups is 1. The van der Waals surface area contributed by atoms with Crippen molar-refractivity contribution in [1.82, 2.24) is 4.98 Å². The summed E-state index contributed by atoms with van der Waals surface area (Å²) in [6.45, 7) is 5.98. The number of aromatic carboxylic acids is 1. The van der Waals surface area contributed by atoms with Crippen molar-refractivity contribution in [1.29, 1.82) is 0 Å². The van der Waals surface area contributed by atoms with Gasteiger partial charge in [-0.25, -0.2) is 9.78 Å². The minimum absolute atomic E-state index is 0.259. The van der Waals surface area contributed by atoms with Crippen molar-refractivity contribution in [2.24, 2.45) is 0 Å². The number of aryl methyl sites for hydroxylation is 1. The van der Waals surface area contributed by atoms with Crippen molar-refractivity contribution in [2.75, 3.05) is 16.8 Å². The molecular formula is C13H20N2O2S. The number of nitrogens with zero attached hydrogens (tertiary/aromatic N) is 1. The van der Waals surface area contributed by atoms with Crippen LogP contribution in [0.3, 0.4) is 0 Å². The molecule has 18 heavy (non-hydrogen) atoms. The lowest BCUT2D eigenvalue weighted by atomic mass is 10.2. The quantitative estimate of drug-likeness (QED) is 0.744. The van der Waals surface area contributed by atoms with Crippen LogP contribution in [0, 0.1) is 6.92 Å². The summed E-state index contributed by atoms with van der Waals surface area (Å²) in [5.41, 5.74) is 0.803. The van der Waals surface area contributed by atoms with Gasteiger partial charge in [0.2, 0.25) is 0 Å². The predicted octanol–water partition coefficient (Wildman–Crippen LogP) is 3.03. The van der Waals surface area contributed by atoms with Gasteiger partial charge in [-0.3, -0.25) is 0 Å². The maximum atomic E-state index is 10.9. The van der Waals surface area contributed by atoms with E-state index >= 15 is 0 Å². The van der Waals surface area contributed by atoms with Crippen LogP contribution in [0.5, 0.6) is 0 Å². The lowest BCUT2D eigenvalue weighted by Crippen LogP contribution is -2.17. The molecule has 0 fully saturated rings. The maximum absolute atomic E-state index is 10.9. The minimum Gasteiger partial charge on any atom is -0.478 e. The number of pyridine rings is 1. The first kappa shape index (κ1) is 14.8. The van der Waals surface area contributed by atoms with E-state index in [1.54, 1.807) is 19.1 Å². The predicted molar refractivity (Wildman–Crippen MR) is 76.6 cm³/mol. The third-order valence-corrected chi connectivity index (χ3v) is 3.54. The van der Waals surface area contributed by atoms with Crippen LogP contribution < -0.4 is 5.32 Å². The Morgan fingerprint density at radius 2 is 2.28 bits per heavy atom. The molecular weight excluding hydrogens is 248 g/mol. The summed E-state index contributed by atoms with van der Waals surface area (Å²) in [6.07, 6.45) is 1.07. The van der Waals surface area contributed by atoms with Crippen LogP contribution in [0.1, 0.15) is 36.3 Å². The van der Waals surface area contributed by atoms with Crippen LogP contribution >= 0.6 is 11.8 Å². The van der Waals surface area contributed by atoms with Gasteiger partial charge in [-0.05, 0) is 43.9 Å². The number of hydrogen-bond donors (Lipinski definition) is 2. The number of aromatic nitrogens is 1. The van der Waals surface area contributed by atoms with Gasteiger partial charge in [0.05, 0.1) is 11.3 Å². The van der Waals surface area contributed by atoms with Gasteiger partial charge >= 0.3 is 5.97 Å². The number of carboxylic acids is 1. The van der Waals surface area contributed by atoms with Gasteiger partial charge < -0.3 is 10.4 Å². The molecule has 0 radical (unpaired) electrons. The summed E-state index contributed by atoms with van der Waals surface area (Å²) in [6, 6.07) is 3.66. The van der Waals surface area contributed by atoms with Crippen molar-refractivity contribution in [3.63, 3.8) is 0 Å². The fourth-order valence-electron chi connectivity index (χ4n) is 1.60. The van der Waals surface area contributed by atoms with E-state index in [0.29, 0.717) is 11.7 Å². The second kappa shape index (κ2) is 7.26. The Morgan fingerprint density at radius 3 is 2.83 bits per heavy atom. The molecule has 0 aliphatic heterocycles. The third kappa shape index (κ3) is 4.56. The lowest BCUT2D eigenvalue weighted by Gasteiger charge is -2.14. The highest BCUT2D eigenvalue weighted by Gasteiger charge is 2.09. The Hall–Kier alpha value is -1.23. The van der Waals surface area contributed by atoms with Gasteiger partial charge in [-0.2, -0.15) is 11.8 Å². The first-order valence-corrected chi connectivity index (χ1v) is 7.25. The molecule has 1 unspecified atom stereocenters. The maximum Gasteiger partial charge on any atom is 0.337 e. The molecule has 5 heteroatoms. The molecule has 0 aromatic carbocycles. The molecule has 1 atom stereocenters. The van der Waals surface area contributed by atoms with E-state index in [0.717, 1.165) is 23.7 Å². The Kier molecular flexibility index (Phi) is 5.98. The standard InChI is InChI=1S/C13H20N2O2S/c1-4-18-8-7-9(2)14-12-6-5-11(13(16)17)10(3)15-12/h5-6,9H,4,7-8H2,1-3H3,(H,14,15)(H,16,17). The molecule has 1 aromatic heterocycles. The Balaban J connectivity index is 2.57. The van der Waals surface area contributed by atoms with E-state index in [-0.39, 0.29) is 5.56 Å². The summed E-state index contributed by atoms with van der Waals surface area (Å²) in [5, 5.41) is 12.2. The summed E-state index contributed by atoms with van der Waals surface area (Å²) in [5.74, 6) is 2.07. The highest BCUT2D eigenvalue weighted by atomic mass is 32.2. The molecule has 1 heterocycles. The van der Waals surface area contributed by atoms with Crippen molar-refractivity contribution in [3.8, 4) is 0 Å². The second-order valence-corrected chi connectivity index (χ2v) is 5.56. The van der Waals surface area contributed by atoms with Crippen LogP contribution in [-0.2, 0) is 0 Å². The highest BCUT2D eigenvalue weighted by Crippen LogP contribution is 2.13. The summed E-state index contributed by atoms with van der Waals surface area (Å²) >= 11 is 1.92. The van der Waals surface area contributed by atoms with Gasteiger partial charge in [-0.1, -0.05) is 6.92 Å². The average Bonchev–Trinajstić information content (AvgIpc) is 2.28. The molecule has 4 nitrogen and oxygen atoms in total. The van der Waals surface area contributed by atoms with Crippen LogP contribution in [0.4, 0.5) is 5.82 Å². The fraction of sp³-hybridized carbons (Fsp3) is 0.538. The minimum atomic E-state index is -0.932. The number of hydrogen-bond acceptors (Lipinski definition) is 4. The van der Waals surface area contributed by atoms with Gasteiger partial charge in [0.25, 0.3) is 0 Å². The molecule has 0 saturated carbocycles. The molecule has 1 aromatic rings. The molecule has 100 valence electrons.